The molecule has 0 bridgehead atoms. The van der Waals surface area contributed by atoms with Gasteiger partial charge in [-0.25, -0.2) is 4.79 Å². The summed E-state index contributed by atoms with van der Waals surface area (Å²) in [6.45, 7) is 2.95. The standard InChI is InChI=1S/C18H19BrN2O4S/c1-11(13-5-7-14(19)8-6-13)20-16(22)10-25-18(24)12(2)21-17(23)15-4-3-9-26-15/h3-9,11-12H,10H2,1-2H3,(H,20,22)(H,21,23). The molecular weight excluding hydrogens is 420 g/mol. The van der Waals surface area contributed by atoms with Crippen molar-refractivity contribution in [2.24, 2.45) is 0 Å². The van der Waals surface area contributed by atoms with E-state index in [0.29, 0.717) is 4.88 Å². The van der Waals surface area contributed by atoms with Gasteiger partial charge in [-0.1, -0.05) is 34.1 Å². The van der Waals surface area contributed by atoms with E-state index >= 15 is 0 Å². The number of hydrogen-bond acceptors (Lipinski definition) is 5. The van der Waals surface area contributed by atoms with Crippen molar-refractivity contribution in [2.45, 2.75) is 25.9 Å². The van der Waals surface area contributed by atoms with Crippen LogP contribution in [0, 0.1) is 0 Å². The molecule has 0 saturated carbocycles. The predicted molar refractivity (Wildman–Crippen MR) is 103 cm³/mol. The molecule has 0 fully saturated rings. The van der Waals surface area contributed by atoms with Crippen molar-refractivity contribution in [3.63, 3.8) is 0 Å². The minimum Gasteiger partial charge on any atom is -0.454 e. The van der Waals surface area contributed by atoms with Crippen LogP contribution in [0.15, 0.2) is 46.3 Å². The fraction of sp³-hybridized carbons (Fsp3) is 0.278. The summed E-state index contributed by atoms with van der Waals surface area (Å²) in [5.74, 6) is -1.43. The normalized spacial score (nSPS) is 12.7. The van der Waals surface area contributed by atoms with Gasteiger partial charge in [0.1, 0.15) is 6.04 Å². The number of rotatable bonds is 7. The molecule has 0 saturated heterocycles. The van der Waals surface area contributed by atoms with Crippen LogP contribution in [0.4, 0.5) is 0 Å². The molecule has 0 aliphatic carbocycles. The highest BCUT2D eigenvalue weighted by Crippen LogP contribution is 2.16. The van der Waals surface area contributed by atoms with Gasteiger partial charge >= 0.3 is 5.97 Å². The average Bonchev–Trinajstić information content (AvgIpc) is 3.14. The summed E-state index contributed by atoms with van der Waals surface area (Å²) in [6, 6.07) is 9.90. The second-order valence-electron chi connectivity index (χ2n) is 5.62. The van der Waals surface area contributed by atoms with Crippen LogP contribution >= 0.6 is 27.3 Å². The van der Waals surface area contributed by atoms with Gasteiger partial charge in [0, 0.05) is 4.47 Å². The molecule has 2 unspecified atom stereocenters. The quantitative estimate of drug-likeness (QED) is 0.650. The highest BCUT2D eigenvalue weighted by atomic mass is 79.9. The number of esters is 1. The molecular formula is C18H19BrN2O4S. The summed E-state index contributed by atoms with van der Waals surface area (Å²) < 4.78 is 5.92. The number of carbonyl (C=O) groups is 3. The van der Waals surface area contributed by atoms with Crippen molar-refractivity contribution < 1.29 is 19.1 Å². The summed E-state index contributed by atoms with van der Waals surface area (Å²) in [4.78, 5) is 36.3. The summed E-state index contributed by atoms with van der Waals surface area (Å²) in [7, 11) is 0. The van der Waals surface area contributed by atoms with Gasteiger partial charge in [0.15, 0.2) is 6.61 Å². The van der Waals surface area contributed by atoms with Gasteiger partial charge in [-0.3, -0.25) is 9.59 Å². The minimum atomic E-state index is -0.846. The zero-order valence-electron chi connectivity index (χ0n) is 14.3. The van der Waals surface area contributed by atoms with E-state index in [0.717, 1.165) is 10.0 Å². The maximum atomic E-state index is 11.9. The molecule has 2 N–H and O–H groups in total. The van der Waals surface area contributed by atoms with Crippen LogP contribution in [0.2, 0.25) is 0 Å². The van der Waals surface area contributed by atoms with E-state index in [9.17, 15) is 14.4 Å². The van der Waals surface area contributed by atoms with Crippen molar-refractivity contribution in [3.8, 4) is 0 Å². The largest absolute Gasteiger partial charge is 0.454 e. The first kappa shape index (κ1) is 20.1. The van der Waals surface area contributed by atoms with Gasteiger partial charge in [-0.15, -0.1) is 11.3 Å². The molecule has 2 rings (SSSR count). The van der Waals surface area contributed by atoms with Gasteiger partial charge in [0.2, 0.25) is 0 Å². The van der Waals surface area contributed by atoms with E-state index in [1.165, 1.54) is 18.3 Å². The number of amides is 2. The van der Waals surface area contributed by atoms with Crippen molar-refractivity contribution in [3.05, 3.63) is 56.7 Å². The molecule has 0 radical (unpaired) electrons. The van der Waals surface area contributed by atoms with Crippen LogP contribution < -0.4 is 10.6 Å². The monoisotopic (exact) mass is 438 g/mol. The lowest BCUT2D eigenvalue weighted by atomic mass is 10.1. The number of carbonyl (C=O) groups excluding carboxylic acids is 3. The molecule has 26 heavy (non-hydrogen) atoms. The molecule has 1 heterocycles. The molecule has 2 aromatic rings. The molecule has 1 aromatic heterocycles. The van der Waals surface area contributed by atoms with Gasteiger partial charge in [0.05, 0.1) is 10.9 Å². The highest BCUT2D eigenvalue weighted by molar-refractivity contribution is 9.10. The second-order valence-corrected chi connectivity index (χ2v) is 7.48. The van der Waals surface area contributed by atoms with Crippen LogP contribution in [-0.2, 0) is 14.3 Å². The molecule has 0 spiro atoms. The van der Waals surface area contributed by atoms with Crippen LogP contribution in [-0.4, -0.2) is 30.4 Å². The Morgan fingerprint density at radius 1 is 1.12 bits per heavy atom. The number of halogens is 1. The van der Waals surface area contributed by atoms with Crippen molar-refractivity contribution in [1.29, 1.82) is 0 Å². The fourth-order valence-corrected chi connectivity index (χ4v) is 3.01. The molecule has 2 atom stereocenters. The van der Waals surface area contributed by atoms with E-state index in [1.54, 1.807) is 17.5 Å². The molecule has 138 valence electrons. The molecule has 0 aliphatic rings. The van der Waals surface area contributed by atoms with Gasteiger partial charge in [-0.05, 0) is 43.0 Å². The lowest BCUT2D eigenvalue weighted by molar-refractivity contribution is -0.150. The van der Waals surface area contributed by atoms with E-state index < -0.39 is 24.5 Å². The van der Waals surface area contributed by atoms with Crippen LogP contribution in [0.25, 0.3) is 0 Å². The van der Waals surface area contributed by atoms with Gasteiger partial charge < -0.3 is 15.4 Å². The zero-order chi connectivity index (χ0) is 19.1. The Morgan fingerprint density at radius 2 is 1.81 bits per heavy atom. The van der Waals surface area contributed by atoms with Crippen LogP contribution in [0.5, 0.6) is 0 Å². The van der Waals surface area contributed by atoms with Crippen molar-refractivity contribution in [2.75, 3.05) is 6.61 Å². The van der Waals surface area contributed by atoms with Gasteiger partial charge in [0.25, 0.3) is 11.8 Å². The SMILES string of the molecule is CC(NC(=O)c1cccs1)C(=O)OCC(=O)NC(C)c1ccc(Br)cc1. The average molecular weight is 439 g/mol. The lowest BCUT2D eigenvalue weighted by Gasteiger charge is -2.16. The third kappa shape index (κ3) is 5.96. The predicted octanol–water partition coefficient (Wildman–Crippen LogP) is 3.05. The third-order valence-corrected chi connectivity index (χ3v) is 4.94. The molecule has 8 heteroatoms. The maximum Gasteiger partial charge on any atom is 0.328 e. The van der Waals surface area contributed by atoms with E-state index in [4.69, 9.17) is 4.74 Å². The number of benzene rings is 1. The summed E-state index contributed by atoms with van der Waals surface area (Å²) in [6.07, 6.45) is 0. The molecule has 1 aromatic carbocycles. The number of nitrogens with one attached hydrogen (secondary N) is 2. The number of ether oxygens (including phenoxy) is 1. The Hall–Kier alpha value is -2.19. The van der Waals surface area contributed by atoms with Crippen LogP contribution in [0.3, 0.4) is 0 Å². The summed E-state index contributed by atoms with van der Waals surface area (Å²) in [5.41, 5.74) is 0.935. The molecule has 6 nitrogen and oxygen atoms in total. The highest BCUT2D eigenvalue weighted by Gasteiger charge is 2.20. The van der Waals surface area contributed by atoms with Crippen molar-refractivity contribution >= 4 is 45.1 Å². The summed E-state index contributed by atoms with van der Waals surface area (Å²) >= 11 is 4.63. The number of hydrogen-bond donors (Lipinski definition) is 2. The Balaban J connectivity index is 1.76. The fourth-order valence-electron chi connectivity index (χ4n) is 2.11. The Kier molecular flexibility index (Phi) is 7.35. The van der Waals surface area contributed by atoms with Gasteiger partial charge in [-0.2, -0.15) is 0 Å². The summed E-state index contributed by atoms with van der Waals surface area (Å²) in [5, 5.41) is 7.07. The number of thiophene rings is 1. The Labute approximate surface area is 164 Å². The molecule has 2 amide bonds. The zero-order valence-corrected chi connectivity index (χ0v) is 16.7. The Morgan fingerprint density at radius 3 is 2.42 bits per heavy atom. The maximum absolute atomic E-state index is 11.9. The van der Waals surface area contributed by atoms with E-state index in [2.05, 4.69) is 26.6 Å². The smallest absolute Gasteiger partial charge is 0.328 e. The minimum absolute atomic E-state index is 0.217. The molecule has 0 aliphatic heterocycles. The first-order chi connectivity index (χ1) is 12.4. The van der Waals surface area contributed by atoms with E-state index in [1.807, 2.05) is 31.2 Å². The third-order valence-electron chi connectivity index (χ3n) is 3.54. The first-order valence-electron chi connectivity index (χ1n) is 7.92. The van der Waals surface area contributed by atoms with Crippen LogP contribution in [0.1, 0.15) is 35.1 Å². The lowest BCUT2D eigenvalue weighted by Crippen LogP contribution is -2.41. The Bertz CT molecular complexity index is 762. The van der Waals surface area contributed by atoms with Crippen molar-refractivity contribution in [1.82, 2.24) is 10.6 Å². The second kappa shape index (κ2) is 9.49. The first-order valence-corrected chi connectivity index (χ1v) is 9.60. The van der Waals surface area contributed by atoms with E-state index in [-0.39, 0.29) is 11.9 Å². The topological polar surface area (TPSA) is 84.5 Å².